The lowest BCUT2D eigenvalue weighted by atomic mass is 9.52. The molecule has 54 heavy (non-hydrogen) atoms. The van der Waals surface area contributed by atoms with Crippen molar-refractivity contribution in [2.75, 3.05) is 14.2 Å². The third-order valence-corrected chi connectivity index (χ3v) is 15.6. The molecule has 308 valence electrons. The number of carbonyl (C=O) groups is 1. The Hall–Kier alpha value is -0.810. The fourth-order valence-corrected chi connectivity index (χ4v) is 12.4. The molecule has 21 unspecified atom stereocenters. The van der Waals surface area contributed by atoms with E-state index in [0.717, 1.165) is 44.9 Å². The second-order valence-electron chi connectivity index (χ2n) is 18.5. The van der Waals surface area contributed by atoms with Gasteiger partial charge in [0.1, 0.15) is 24.1 Å². The number of aliphatic hydroxyl groups excluding tert-OH is 2. The molecule has 0 radical (unpaired) electrons. The van der Waals surface area contributed by atoms with E-state index in [9.17, 15) is 15.0 Å². The van der Waals surface area contributed by atoms with Gasteiger partial charge in [-0.05, 0) is 84.5 Å². The second kappa shape index (κ2) is 15.1. The van der Waals surface area contributed by atoms with Crippen LogP contribution >= 0.6 is 0 Å². The molecule has 1 spiro atoms. The topological polar surface area (TPSA) is 150 Å². The molecule has 8 aliphatic rings. The van der Waals surface area contributed by atoms with Gasteiger partial charge in [-0.2, -0.15) is 0 Å². The van der Waals surface area contributed by atoms with Gasteiger partial charge in [0.15, 0.2) is 24.7 Å². The summed E-state index contributed by atoms with van der Waals surface area (Å²) in [5.41, 5.74) is -0.406. The largest absolute Gasteiger partial charge is 0.390 e. The molecular formula is C41H66O13. The van der Waals surface area contributed by atoms with Crippen molar-refractivity contribution >= 4 is 5.78 Å². The Labute approximate surface area is 320 Å². The summed E-state index contributed by atoms with van der Waals surface area (Å²) >= 11 is 0. The van der Waals surface area contributed by atoms with Gasteiger partial charge < -0.3 is 57.6 Å². The molecule has 5 saturated heterocycles. The van der Waals surface area contributed by atoms with Crippen LogP contribution in [0.5, 0.6) is 0 Å². The van der Waals surface area contributed by atoms with Crippen LogP contribution in [0.3, 0.4) is 0 Å². The predicted octanol–water partition coefficient (Wildman–Crippen LogP) is 4.40. The maximum atomic E-state index is 13.3. The van der Waals surface area contributed by atoms with Crippen molar-refractivity contribution in [3.05, 3.63) is 0 Å². The van der Waals surface area contributed by atoms with E-state index in [1.165, 1.54) is 0 Å². The minimum atomic E-state index is -0.853. The van der Waals surface area contributed by atoms with E-state index in [0.29, 0.717) is 31.0 Å². The minimum absolute atomic E-state index is 0.0109. The lowest BCUT2D eigenvalue weighted by molar-refractivity contribution is -0.338. The summed E-state index contributed by atoms with van der Waals surface area (Å²) in [7, 11) is 3.24. The van der Waals surface area contributed by atoms with Crippen LogP contribution in [0.1, 0.15) is 112 Å². The maximum Gasteiger partial charge on any atom is 0.172 e. The number of aliphatic hydroxyl groups is 2. The number of hydrogen-bond acceptors (Lipinski definition) is 13. The lowest BCUT2D eigenvalue weighted by Crippen LogP contribution is -2.58. The van der Waals surface area contributed by atoms with Crippen molar-refractivity contribution in [1.29, 1.82) is 0 Å². The number of carbonyl (C=O) groups excluding carboxylic acids is 1. The van der Waals surface area contributed by atoms with Gasteiger partial charge in [-0.15, -0.1) is 0 Å². The minimum Gasteiger partial charge on any atom is -0.390 e. The van der Waals surface area contributed by atoms with Crippen LogP contribution in [-0.2, 0) is 52.2 Å². The fraction of sp³-hybridized carbons (Fsp3) is 0.976. The van der Waals surface area contributed by atoms with E-state index in [1.807, 2.05) is 13.8 Å². The highest BCUT2D eigenvalue weighted by atomic mass is 16.7. The predicted molar refractivity (Wildman–Crippen MR) is 192 cm³/mol. The first-order valence-electron chi connectivity index (χ1n) is 20.9. The first-order chi connectivity index (χ1) is 25.7. The maximum absolute atomic E-state index is 13.3. The van der Waals surface area contributed by atoms with Gasteiger partial charge in [0.05, 0.1) is 60.4 Å². The quantitative estimate of drug-likeness (QED) is 0.337. The first-order valence-corrected chi connectivity index (χ1v) is 20.9. The molecule has 8 rings (SSSR count). The molecule has 5 heterocycles. The van der Waals surface area contributed by atoms with Gasteiger partial charge in [0, 0.05) is 58.2 Å². The Kier molecular flexibility index (Phi) is 11.2. The van der Waals surface area contributed by atoms with Crippen LogP contribution in [0.2, 0.25) is 0 Å². The standard InChI is InChI=1S/C41H66O13/c1-20-26-9-10-31(43)40(26,6)32-19-30-39(5)13-12-25(15-24(39)11-14-41(30,53-20)54-32)50-34-18-29(46-8)38(23(4)49-34)52-33-16-27(42)37(22(3)48-33)51-35-17-28(45-7)36(44)21(2)47-35/h20-30,32-38,42,44H,9-19H2,1-8H3. The Morgan fingerprint density at radius 1 is 0.685 bits per heavy atom. The zero-order valence-corrected chi connectivity index (χ0v) is 33.6. The van der Waals surface area contributed by atoms with Crippen LogP contribution in [0.25, 0.3) is 0 Å². The molecule has 2 bridgehead atoms. The van der Waals surface area contributed by atoms with Crippen LogP contribution in [0, 0.1) is 28.6 Å². The molecule has 0 amide bonds. The summed E-state index contributed by atoms with van der Waals surface area (Å²) in [6, 6.07) is 0. The van der Waals surface area contributed by atoms with E-state index in [2.05, 4.69) is 20.8 Å². The monoisotopic (exact) mass is 766 g/mol. The molecule has 13 nitrogen and oxygen atoms in total. The molecule has 2 N–H and O–H groups in total. The van der Waals surface area contributed by atoms with E-state index in [1.54, 1.807) is 21.1 Å². The van der Waals surface area contributed by atoms with E-state index in [4.69, 9.17) is 47.4 Å². The number of rotatable bonds is 8. The summed E-state index contributed by atoms with van der Waals surface area (Å²) in [4.78, 5) is 13.3. The van der Waals surface area contributed by atoms with Crippen molar-refractivity contribution in [2.24, 2.45) is 28.6 Å². The van der Waals surface area contributed by atoms with Crippen molar-refractivity contribution in [1.82, 2.24) is 0 Å². The number of ketones is 1. The van der Waals surface area contributed by atoms with Gasteiger partial charge in [0.25, 0.3) is 0 Å². The zero-order chi connectivity index (χ0) is 38.3. The lowest BCUT2D eigenvalue weighted by Gasteiger charge is -2.57. The number of ether oxygens (including phenoxy) is 10. The smallest absolute Gasteiger partial charge is 0.172 e. The Bertz CT molecular complexity index is 1340. The molecule has 3 aliphatic carbocycles. The zero-order valence-electron chi connectivity index (χ0n) is 33.6. The summed E-state index contributed by atoms with van der Waals surface area (Å²) in [5.74, 6) is 0.723. The second-order valence-corrected chi connectivity index (χ2v) is 18.5. The van der Waals surface area contributed by atoms with Gasteiger partial charge in [-0.25, -0.2) is 0 Å². The highest BCUT2D eigenvalue weighted by Crippen LogP contribution is 2.67. The number of Topliss-reactive ketones (excluding diaryl/α,β-unsaturated/α-hetero) is 1. The Morgan fingerprint density at radius 3 is 2.06 bits per heavy atom. The molecule has 0 aromatic heterocycles. The number of fused-ring (bicyclic) bond motifs is 5. The number of methoxy groups -OCH3 is 2. The molecule has 0 aromatic rings. The van der Waals surface area contributed by atoms with Gasteiger partial charge in [0.2, 0.25) is 0 Å². The molecule has 5 aliphatic heterocycles. The summed E-state index contributed by atoms with van der Waals surface area (Å²) in [6.45, 7) is 12.4. The van der Waals surface area contributed by atoms with Crippen molar-refractivity contribution in [3.8, 4) is 0 Å². The number of hydrogen-bond donors (Lipinski definition) is 2. The fourth-order valence-electron chi connectivity index (χ4n) is 12.4. The Morgan fingerprint density at radius 2 is 1.33 bits per heavy atom. The molecule has 8 fully saturated rings. The average Bonchev–Trinajstić information content (AvgIpc) is 3.65. The van der Waals surface area contributed by atoms with Crippen LogP contribution in [0.15, 0.2) is 0 Å². The highest BCUT2D eigenvalue weighted by molar-refractivity contribution is 5.88. The molecular weight excluding hydrogens is 700 g/mol. The first kappa shape index (κ1) is 40.0. The van der Waals surface area contributed by atoms with Crippen molar-refractivity contribution < 1.29 is 62.4 Å². The normalized spacial score (nSPS) is 56.1. The summed E-state index contributed by atoms with van der Waals surface area (Å²) < 4.78 is 63.2. The van der Waals surface area contributed by atoms with Gasteiger partial charge in [-0.1, -0.05) is 6.92 Å². The molecule has 3 saturated carbocycles. The van der Waals surface area contributed by atoms with Gasteiger partial charge >= 0.3 is 0 Å². The Balaban J connectivity index is 0.848. The highest BCUT2D eigenvalue weighted by Gasteiger charge is 2.70. The third-order valence-electron chi connectivity index (χ3n) is 15.6. The van der Waals surface area contributed by atoms with Crippen molar-refractivity contribution in [2.45, 2.75) is 210 Å². The van der Waals surface area contributed by atoms with E-state index in [-0.39, 0.29) is 54.2 Å². The molecule has 21 atom stereocenters. The SMILES string of the molecule is COC1CC(OC2C(O)CC(OC3C(C)OC(OC4CCC5(C)C(CCC67OC(C)C8CCC(=O)C8(C)C(CC65)O7)C4)CC3OC)OC2C)OC(C)C1O. The average molecular weight is 767 g/mol. The third kappa shape index (κ3) is 6.75. The summed E-state index contributed by atoms with van der Waals surface area (Å²) in [5, 5.41) is 21.5. The van der Waals surface area contributed by atoms with Crippen LogP contribution < -0.4 is 0 Å². The van der Waals surface area contributed by atoms with Crippen molar-refractivity contribution in [3.63, 3.8) is 0 Å². The molecule has 13 heteroatoms. The van der Waals surface area contributed by atoms with Gasteiger partial charge in [-0.3, -0.25) is 4.79 Å². The summed E-state index contributed by atoms with van der Waals surface area (Å²) in [6.07, 6.45) is 1.92. The van der Waals surface area contributed by atoms with E-state index >= 15 is 0 Å². The van der Waals surface area contributed by atoms with Crippen LogP contribution in [0.4, 0.5) is 0 Å². The van der Waals surface area contributed by atoms with Crippen LogP contribution in [-0.4, -0.2) is 128 Å². The molecule has 0 aromatic carbocycles. The van der Waals surface area contributed by atoms with E-state index < -0.39 is 72.8 Å².